The van der Waals surface area contributed by atoms with Crippen LogP contribution in [0.1, 0.15) is 28.2 Å². The van der Waals surface area contributed by atoms with Gasteiger partial charge < -0.3 is 10.4 Å². The Balaban J connectivity index is 1.64. The van der Waals surface area contributed by atoms with Crippen LogP contribution in [0.15, 0.2) is 42.7 Å². The lowest BCUT2D eigenvalue weighted by molar-refractivity contribution is 0.0726. The van der Waals surface area contributed by atoms with Crippen LogP contribution >= 0.6 is 0 Å². The van der Waals surface area contributed by atoms with Gasteiger partial charge in [0, 0.05) is 37.9 Å². The highest BCUT2D eigenvalue weighted by molar-refractivity contribution is 5.92. The SMILES string of the molecule is Cc1cnc(C(=O)NC2CN(Cc3ccccc3)CCC2CO)cn1. The molecule has 2 atom stereocenters. The number of aliphatic hydroxyl groups is 1. The van der Waals surface area contributed by atoms with Crippen molar-refractivity contribution in [3.05, 3.63) is 59.7 Å². The number of hydrogen-bond acceptors (Lipinski definition) is 5. The van der Waals surface area contributed by atoms with E-state index < -0.39 is 0 Å². The zero-order chi connectivity index (χ0) is 17.6. The van der Waals surface area contributed by atoms with Gasteiger partial charge >= 0.3 is 0 Å². The fourth-order valence-corrected chi connectivity index (χ4v) is 3.19. The Morgan fingerprint density at radius 1 is 1.28 bits per heavy atom. The fraction of sp³-hybridized carbons (Fsp3) is 0.421. The second kappa shape index (κ2) is 8.18. The van der Waals surface area contributed by atoms with E-state index in [1.54, 1.807) is 6.20 Å². The topological polar surface area (TPSA) is 78.4 Å². The summed E-state index contributed by atoms with van der Waals surface area (Å²) in [5, 5.41) is 12.7. The Hall–Kier alpha value is -2.31. The van der Waals surface area contributed by atoms with Crippen LogP contribution in [0.2, 0.25) is 0 Å². The van der Waals surface area contributed by atoms with Gasteiger partial charge in [0.1, 0.15) is 5.69 Å². The quantitative estimate of drug-likeness (QED) is 0.860. The number of hydrogen-bond donors (Lipinski definition) is 2. The molecule has 2 N–H and O–H groups in total. The van der Waals surface area contributed by atoms with Gasteiger partial charge in [0.15, 0.2) is 0 Å². The number of nitrogens with zero attached hydrogens (tertiary/aromatic N) is 3. The molecule has 2 heterocycles. The van der Waals surface area contributed by atoms with E-state index in [2.05, 4.69) is 32.3 Å². The van der Waals surface area contributed by atoms with Crippen LogP contribution in [-0.2, 0) is 6.54 Å². The minimum atomic E-state index is -0.238. The molecule has 0 bridgehead atoms. The number of likely N-dealkylation sites (tertiary alicyclic amines) is 1. The third-order valence-corrected chi connectivity index (χ3v) is 4.65. The van der Waals surface area contributed by atoms with Crippen LogP contribution in [0.4, 0.5) is 0 Å². The Morgan fingerprint density at radius 2 is 2.08 bits per heavy atom. The molecule has 6 heteroatoms. The number of piperidine rings is 1. The first-order valence-electron chi connectivity index (χ1n) is 8.62. The van der Waals surface area contributed by atoms with Gasteiger partial charge in [0.2, 0.25) is 0 Å². The monoisotopic (exact) mass is 340 g/mol. The van der Waals surface area contributed by atoms with Crippen molar-refractivity contribution in [1.82, 2.24) is 20.2 Å². The number of nitrogens with one attached hydrogen (secondary N) is 1. The molecule has 0 radical (unpaired) electrons. The molecule has 1 aromatic heterocycles. The summed E-state index contributed by atoms with van der Waals surface area (Å²) in [5.41, 5.74) is 2.33. The van der Waals surface area contributed by atoms with Crippen molar-refractivity contribution in [3.8, 4) is 0 Å². The number of aryl methyl sites for hydroxylation is 1. The lowest BCUT2D eigenvalue weighted by atomic mass is 9.91. The van der Waals surface area contributed by atoms with Gasteiger partial charge in [-0.25, -0.2) is 4.98 Å². The first-order valence-corrected chi connectivity index (χ1v) is 8.62. The van der Waals surface area contributed by atoms with Gasteiger partial charge in [-0.3, -0.25) is 14.7 Å². The Kier molecular flexibility index (Phi) is 5.73. The van der Waals surface area contributed by atoms with Crippen LogP contribution in [-0.4, -0.2) is 51.6 Å². The predicted octanol–water partition coefficient (Wildman–Crippen LogP) is 1.40. The summed E-state index contributed by atoms with van der Waals surface area (Å²) >= 11 is 0. The molecule has 6 nitrogen and oxygen atoms in total. The van der Waals surface area contributed by atoms with Crippen molar-refractivity contribution in [3.63, 3.8) is 0 Å². The van der Waals surface area contributed by atoms with E-state index in [0.717, 1.165) is 25.2 Å². The first-order chi connectivity index (χ1) is 12.2. The number of aliphatic hydroxyl groups excluding tert-OH is 1. The molecule has 2 unspecified atom stereocenters. The molecular weight excluding hydrogens is 316 g/mol. The van der Waals surface area contributed by atoms with Crippen molar-refractivity contribution in [2.24, 2.45) is 5.92 Å². The number of carbonyl (C=O) groups is 1. The van der Waals surface area contributed by atoms with Crippen molar-refractivity contribution in [2.45, 2.75) is 25.9 Å². The molecule has 1 fully saturated rings. The summed E-state index contributed by atoms with van der Waals surface area (Å²) in [5.74, 6) is -0.174. The lowest BCUT2D eigenvalue weighted by Crippen LogP contribution is -2.53. The fourth-order valence-electron chi connectivity index (χ4n) is 3.19. The van der Waals surface area contributed by atoms with E-state index >= 15 is 0 Å². The molecule has 0 spiro atoms. The van der Waals surface area contributed by atoms with E-state index in [4.69, 9.17) is 0 Å². The largest absolute Gasteiger partial charge is 0.396 e. The predicted molar refractivity (Wildman–Crippen MR) is 94.9 cm³/mol. The molecule has 0 aliphatic carbocycles. The summed E-state index contributed by atoms with van der Waals surface area (Å²) in [4.78, 5) is 23.0. The summed E-state index contributed by atoms with van der Waals surface area (Å²) < 4.78 is 0. The van der Waals surface area contributed by atoms with Crippen molar-refractivity contribution >= 4 is 5.91 Å². The highest BCUT2D eigenvalue weighted by atomic mass is 16.3. The van der Waals surface area contributed by atoms with Crippen LogP contribution in [0, 0.1) is 12.8 Å². The van der Waals surface area contributed by atoms with Crippen LogP contribution in [0.25, 0.3) is 0 Å². The molecule has 1 amide bonds. The van der Waals surface area contributed by atoms with Gasteiger partial charge in [-0.2, -0.15) is 0 Å². The molecule has 1 aromatic carbocycles. The molecule has 1 saturated heterocycles. The van der Waals surface area contributed by atoms with Crippen LogP contribution in [0.5, 0.6) is 0 Å². The van der Waals surface area contributed by atoms with Gasteiger partial charge in [-0.05, 0) is 25.5 Å². The van der Waals surface area contributed by atoms with Gasteiger partial charge in [0.25, 0.3) is 5.91 Å². The number of amides is 1. The number of rotatable bonds is 5. The minimum absolute atomic E-state index is 0.0642. The van der Waals surface area contributed by atoms with E-state index in [0.29, 0.717) is 12.2 Å². The van der Waals surface area contributed by atoms with Gasteiger partial charge in [-0.1, -0.05) is 30.3 Å². The minimum Gasteiger partial charge on any atom is -0.396 e. The van der Waals surface area contributed by atoms with Crippen LogP contribution in [0.3, 0.4) is 0 Å². The van der Waals surface area contributed by atoms with Crippen molar-refractivity contribution in [2.75, 3.05) is 19.7 Å². The molecule has 1 aliphatic rings. The van der Waals surface area contributed by atoms with Crippen molar-refractivity contribution in [1.29, 1.82) is 0 Å². The summed E-state index contributed by atoms with van der Waals surface area (Å²) in [6.07, 6.45) is 3.93. The van der Waals surface area contributed by atoms with Crippen LogP contribution < -0.4 is 5.32 Å². The van der Waals surface area contributed by atoms with Gasteiger partial charge in [-0.15, -0.1) is 0 Å². The van der Waals surface area contributed by atoms with Crippen molar-refractivity contribution < 1.29 is 9.90 Å². The maximum absolute atomic E-state index is 12.4. The molecule has 1 aliphatic heterocycles. The highest BCUT2D eigenvalue weighted by Gasteiger charge is 2.30. The Bertz CT molecular complexity index is 690. The number of aromatic nitrogens is 2. The average molecular weight is 340 g/mol. The zero-order valence-electron chi connectivity index (χ0n) is 14.4. The van der Waals surface area contributed by atoms with E-state index in [1.165, 1.54) is 11.8 Å². The van der Waals surface area contributed by atoms with E-state index in [9.17, 15) is 9.90 Å². The Labute approximate surface area is 147 Å². The summed E-state index contributed by atoms with van der Waals surface area (Å²) in [7, 11) is 0. The number of benzene rings is 1. The third kappa shape index (κ3) is 4.61. The zero-order valence-corrected chi connectivity index (χ0v) is 14.4. The maximum atomic E-state index is 12.4. The molecule has 2 aromatic rings. The second-order valence-electron chi connectivity index (χ2n) is 6.58. The summed E-state index contributed by atoms with van der Waals surface area (Å²) in [6.45, 7) is 4.38. The molecule has 132 valence electrons. The van der Waals surface area contributed by atoms with E-state index in [-0.39, 0.29) is 24.5 Å². The average Bonchev–Trinajstić information content (AvgIpc) is 2.63. The molecular formula is C19H24N4O2. The smallest absolute Gasteiger partial charge is 0.271 e. The van der Waals surface area contributed by atoms with E-state index in [1.807, 2.05) is 25.1 Å². The number of carbonyl (C=O) groups excluding carboxylic acids is 1. The first kappa shape index (κ1) is 17.5. The molecule has 3 rings (SSSR count). The van der Waals surface area contributed by atoms with Gasteiger partial charge in [0.05, 0.1) is 11.9 Å². The maximum Gasteiger partial charge on any atom is 0.271 e. The molecule has 25 heavy (non-hydrogen) atoms. The highest BCUT2D eigenvalue weighted by Crippen LogP contribution is 2.19. The standard InChI is InChI=1S/C19H24N4O2/c1-14-9-21-17(10-20-14)19(25)22-18-12-23(8-7-16(18)13-24)11-15-5-3-2-4-6-15/h2-6,9-10,16,18,24H,7-8,11-13H2,1H3,(H,22,25). The molecule has 0 saturated carbocycles. The normalized spacial score (nSPS) is 21.0. The Morgan fingerprint density at radius 3 is 2.76 bits per heavy atom. The third-order valence-electron chi connectivity index (χ3n) is 4.65. The lowest BCUT2D eigenvalue weighted by Gasteiger charge is -2.38. The second-order valence-corrected chi connectivity index (χ2v) is 6.58. The summed E-state index contributed by atoms with van der Waals surface area (Å²) in [6, 6.07) is 10.2.